The lowest BCUT2D eigenvalue weighted by Gasteiger charge is -2.11. The number of rotatable bonds is 3. The Balaban J connectivity index is 1.90. The molecule has 0 aliphatic carbocycles. The van der Waals surface area contributed by atoms with Crippen LogP contribution in [0.25, 0.3) is 10.9 Å². The number of ether oxygens (including phenoxy) is 1. The van der Waals surface area contributed by atoms with E-state index in [9.17, 15) is 0 Å². The number of hydrogen-bond donors (Lipinski definition) is 1. The summed E-state index contributed by atoms with van der Waals surface area (Å²) in [4.78, 5) is 4.38. The molecule has 3 aromatic rings. The molecule has 0 unspecified atom stereocenters. The van der Waals surface area contributed by atoms with Crippen molar-refractivity contribution in [2.75, 3.05) is 5.73 Å². The molecule has 0 radical (unpaired) electrons. The molecule has 1 heterocycles. The summed E-state index contributed by atoms with van der Waals surface area (Å²) in [5, 5.41) is 1.03. The summed E-state index contributed by atoms with van der Waals surface area (Å²) in [6.45, 7) is 4.72. The van der Waals surface area contributed by atoms with Crippen LogP contribution in [-0.2, 0) is 6.61 Å². The van der Waals surface area contributed by atoms with Crippen LogP contribution >= 0.6 is 0 Å². The topological polar surface area (TPSA) is 48.1 Å². The van der Waals surface area contributed by atoms with Crippen LogP contribution in [0.4, 0.5) is 5.82 Å². The smallest absolute Gasteiger partial charge is 0.146 e. The molecule has 3 nitrogen and oxygen atoms in total. The fraction of sp³-hybridized carbons (Fsp3) is 0.167. The maximum absolute atomic E-state index is 5.96. The quantitative estimate of drug-likeness (QED) is 0.787. The van der Waals surface area contributed by atoms with Crippen LogP contribution < -0.4 is 10.5 Å². The van der Waals surface area contributed by atoms with Crippen LogP contribution in [0, 0.1) is 13.8 Å². The van der Waals surface area contributed by atoms with E-state index in [2.05, 4.69) is 37.0 Å². The highest BCUT2D eigenvalue weighted by Crippen LogP contribution is 2.25. The molecule has 106 valence electrons. The first-order chi connectivity index (χ1) is 10.1. The Kier molecular flexibility index (Phi) is 3.48. The summed E-state index contributed by atoms with van der Waals surface area (Å²) in [6.07, 6.45) is 0. The minimum Gasteiger partial charge on any atom is -0.487 e. The van der Waals surface area contributed by atoms with Crippen LogP contribution in [0.15, 0.2) is 48.5 Å². The van der Waals surface area contributed by atoms with Gasteiger partial charge in [0.2, 0.25) is 0 Å². The number of para-hydroxylation sites is 1. The van der Waals surface area contributed by atoms with Crippen molar-refractivity contribution in [2.45, 2.75) is 20.5 Å². The number of nitrogens with two attached hydrogens (primary N) is 1. The number of pyridine rings is 1. The van der Waals surface area contributed by atoms with E-state index >= 15 is 0 Å². The monoisotopic (exact) mass is 278 g/mol. The molecule has 3 rings (SSSR count). The van der Waals surface area contributed by atoms with E-state index in [4.69, 9.17) is 10.5 Å². The number of aryl methyl sites for hydroxylation is 2. The van der Waals surface area contributed by atoms with Gasteiger partial charge >= 0.3 is 0 Å². The predicted octanol–water partition coefficient (Wildman–Crippen LogP) is 4.01. The standard InChI is InChI=1S/C18H18N2O/c1-12-6-7-15(13(2)10-12)11-21-16-5-3-4-14-8-9-17(19)20-18(14)16/h3-10H,11H2,1-2H3,(H2,19,20). The molecule has 0 amide bonds. The van der Waals surface area contributed by atoms with E-state index < -0.39 is 0 Å². The number of fused-ring (bicyclic) bond motifs is 1. The number of hydrogen-bond acceptors (Lipinski definition) is 3. The molecule has 0 saturated heterocycles. The van der Waals surface area contributed by atoms with Gasteiger partial charge in [-0.25, -0.2) is 4.98 Å². The molecule has 0 fully saturated rings. The Labute approximate surface area is 124 Å². The highest BCUT2D eigenvalue weighted by molar-refractivity contribution is 5.85. The zero-order chi connectivity index (χ0) is 14.8. The normalized spacial score (nSPS) is 10.8. The van der Waals surface area contributed by atoms with Crippen LogP contribution in [0.5, 0.6) is 5.75 Å². The number of nitrogens with zero attached hydrogens (tertiary/aromatic N) is 1. The Morgan fingerprint density at radius 3 is 2.71 bits per heavy atom. The molecule has 3 heteroatoms. The molecule has 2 aromatic carbocycles. The van der Waals surface area contributed by atoms with Crippen molar-refractivity contribution in [1.29, 1.82) is 0 Å². The summed E-state index contributed by atoms with van der Waals surface area (Å²) in [7, 11) is 0. The third-order valence-electron chi connectivity index (χ3n) is 3.59. The summed E-state index contributed by atoms with van der Waals surface area (Å²) in [6, 6.07) is 16.0. The van der Waals surface area contributed by atoms with Gasteiger partial charge in [0, 0.05) is 5.39 Å². The summed E-state index contributed by atoms with van der Waals surface area (Å²) in [5.41, 5.74) is 10.3. The van der Waals surface area contributed by atoms with Crippen LogP contribution in [0.2, 0.25) is 0 Å². The van der Waals surface area contributed by atoms with Crippen molar-refractivity contribution in [3.63, 3.8) is 0 Å². The minimum absolute atomic E-state index is 0.505. The maximum Gasteiger partial charge on any atom is 0.146 e. The number of nitrogen functional groups attached to an aromatic ring is 1. The Bertz CT molecular complexity index is 796. The van der Waals surface area contributed by atoms with Gasteiger partial charge in [0.25, 0.3) is 0 Å². The third kappa shape index (κ3) is 2.82. The lowest BCUT2D eigenvalue weighted by molar-refractivity contribution is 0.308. The number of benzene rings is 2. The second-order valence-electron chi connectivity index (χ2n) is 5.28. The molecule has 0 spiro atoms. The largest absolute Gasteiger partial charge is 0.487 e. The first-order valence-corrected chi connectivity index (χ1v) is 6.97. The van der Waals surface area contributed by atoms with Gasteiger partial charge in [-0.05, 0) is 43.2 Å². The Morgan fingerprint density at radius 2 is 1.90 bits per heavy atom. The van der Waals surface area contributed by atoms with Gasteiger partial charge in [-0.3, -0.25) is 0 Å². The van der Waals surface area contributed by atoms with E-state index in [-0.39, 0.29) is 0 Å². The maximum atomic E-state index is 5.96. The Hall–Kier alpha value is -2.55. The third-order valence-corrected chi connectivity index (χ3v) is 3.59. The number of aromatic nitrogens is 1. The average Bonchev–Trinajstić information content (AvgIpc) is 2.46. The molecule has 0 aliphatic heterocycles. The molecular formula is C18H18N2O. The van der Waals surface area contributed by atoms with Crippen molar-refractivity contribution in [2.24, 2.45) is 0 Å². The van der Waals surface area contributed by atoms with Gasteiger partial charge in [-0.1, -0.05) is 35.9 Å². The lowest BCUT2D eigenvalue weighted by Crippen LogP contribution is -2.00. The zero-order valence-electron chi connectivity index (χ0n) is 12.3. The van der Waals surface area contributed by atoms with Crippen LogP contribution in [-0.4, -0.2) is 4.98 Å². The minimum atomic E-state index is 0.505. The van der Waals surface area contributed by atoms with Crippen LogP contribution in [0.3, 0.4) is 0 Å². The van der Waals surface area contributed by atoms with E-state index in [1.54, 1.807) is 6.07 Å². The number of anilines is 1. The second-order valence-corrected chi connectivity index (χ2v) is 5.28. The van der Waals surface area contributed by atoms with E-state index in [1.807, 2.05) is 24.3 Å². The van der Waals surface area contributed by atoms with E-state index in [1.165, 1.54) is 16.7 Å². The van der Waals surface area contributed by atoms with Gasteiger partial charge in [-0.2, -0.15) is 0 Å². The molecule has 0 bridgehead atoms. The first kappa shape index (κ1) is 13.4. The SMILES string of the molecule is Cc1ccc(COc2cccc3ccc(N)nc23)c(C)c1. The molecule has 1 aromatic heterocycles. The summed E-state index contributed by atoms with van der Waals surface area (Å²) in [5.74, 6) is 1.27. The highest BCUT2D eigenvalue weighted by atomic mass is 16.5. The van der Waals surface area contributed by atoms with Gasteiger partial charge in [-0.15, -0.1) is 0 Å². The molecule has 2 N–H and O–H groups in total. The molecule has 0 atom stereocenters. The molecule has 0 saturated carbocycles. The molecule has 0 aliphatic rings. The van der Waals surface area contributed by atoms with Crippen molar-refractivity contribution in [3.8, 4) is 5.75 Å². The van der Waals surface area contributed by atoms with Gasteiger partial charge in [0.15, 0.2) is 0 Å². The Morgan fingerprint density at radius 1 is 1.05 bits per heavy atom. The van der Waals surface area contributed by atoms with Gasteiger partial charge < -0.3 is 10.5 Å². The molecular weight excluding hydrogens is 260 g/mol. The van der Waals surface area contributed by atoms with Crippen molar-refractivity contribution in [1.82, 2.24) is 4.98 Å². The second kappa shape index (κ2) is 5.44. The van der Waals surface area contributed by atoms with E-state index in [0.29, 0.717) is 12.4 Å². The van der Waals surface area contributed by atoms with Crippen molar-refractivity contribution < 1.29 is 4.74 Å². The lowest BCUT2D eigenvalue weighted by atomic mass is 10.1. The van der Waals surface area contributed by atoms with Crippen LogP contribution in [0.1, 0.15) is 16.7 Å². The van der Waals surface area contributed by atoms with Crippen molar-refractivity contribution in [3.05, 3.63) is 65.2 Å². The highest BCUT2D eigenvalue weighted by Gasteiger charge is 2.06. The average molecular weight is 278 g/mol. The summed E-state index contributed by atoms with van der Waals surface area (Å²) < 4.78 is 5.96. The zero-order valence-corrected chi connectivity index (χ0v) is 12.3. The predicted molar refractivity (Wildman–Crippen MR) is 86.4 cm³/mol. The van der Waals surface area contributed by atoms with Gasteiger partial charge in [0.1, 0.15) is 23.7 Å². The fourth-order valence-corrected chi connectivity index (χ4v) is 2.41. The fourth-order valence-electron chi connectivity index (χ4n) is 2.41. The van der Waals surface area contributed by atoms with E-state index in [0.717, 1.165) is 16.7 Å². The molecule has 21 heavy (non-hydrogen) atoms. The summed E-state index contributed by atoms with van der Waals surface area (Å²) >= 11 is 0. The first-order valence-electron chi connectivity index (χ1n) is 6.97. The van der Waals surface area contributed by atoms with Gasteiger partial charge in [0.05, 0.1) is 0 Å². The van der Waals surface area contributed by atoms with Crippen molar-refractivity contribution >= 4 is 16.7 Å².